The van der Waals surface area contributed by atoms with Crippen molar-refractivity contribution in [2.45, 2.75) is 45.3 Å². The molecule has 2 aliphatic rings. The van der Waals surface area contributed by atoms with Gasteiger partial charge >= 0.3 is 0 Å². The van der Waals surface area contributed by atoms with Crippen molar-refractivity contribution in [3.05, 3.63) is 71.3 Å². The Morgan fingerprint density at radius 2 is 1.85 bits per heavy atom. The monoisotopic (exact) mass is 575 g/mol. The summed E-state index contributed by atoms with van der Waals surface area (Å²) in [4.78, 5) is 22.0. The second-order valence-electron chi connectivity index (χ2n) is 9.11. The van der Waals surface area contributed by atoms with Crippen LogP contribution in [0.2, 0.25) is 0 Å². The summed E-state index contributed by atoms with van der Waals surface area (Å²) in [5.74, 6) is 1.60. The lowest BCUT2D eigenvalue weighted by Gasteiger charge is -2.48. The highest BCUT2D eigenvalue weighted by atomic mass is 127. The van der Waals surface area contributed by atoms with Crippen molar-refractivity contribution < 1.29 is 4.79 Å². The van der Waals surface area contributed by atoms with Crippen LogP contribution in [-0.2, 0) is 13.1 Å². The minimum Gasteiger partial charge on any atom is -0.357 e. The molecule has 2 unspecified atom stereocenters. The predicted octanol–water partition coefficient (Wildman–Crippen LogP) is 4.12. The molecule has 6 nitrogen and oxygen atoms in total. The van der Waals surface area contributed by atoms with Gasteiger partial charge in [-0.25, -0.2) is 4.99 Å². The van der Waals surface area contributed by atoms with Crippen molar-refractivity contribution in [2.75, 3.05) is 33.2 Å². The van der Waals surface area contributed by atoms with Gasteiger partial charge in [-0.3, -0.25) is 9.69 Å². The largest absolute Gasteiger partial charge is 0.357 e. The minimum absolute atomic E-state index is 0. The zero-order chi connectivity index (χ0) is 23.0. The first kappa shape index (κ1) is 26.5. The molecule has 34 heavy (non-hydrogen) atoms. The predicted molar refractivity (Wildman–Crippen MR) is 150 cm³/mol. The first-order chi connectivity index (χ1) is 16.2. The lowest BCUT2D eigenvalue weighted by Crippen LogP contribution is -2.56. The van der Waals surface area contributed by atoms with Gasteiger partial charge in [-0.1, -0.05) is 42.5 Å². The summed E-state index contributed by atoms with van der Waals surface area (Å²) in [7, 11) is 1.66. The fraction of sp³-hybridized carbons (Fsp3) is 0.481. The van der Waals surface area contributed by atoms with E-state index in [1.165, 1.54) is 31.4 Å². The maximum atomic E-state index is 12.0. The first-order valence-corrected chi connectivity index (χ1v) is 12.3. The maximum Gasteiger partial charge on any atom is 0.251 e. The van der Waals surface area contributed by atoms with Crippen molar-refractivity contribution in [2.24, 2.45) is 10.9 Å². The molecule has 0 spiro atoms. The summed E-state index contributed by atoms with van der Waals surface area (Å²) in [5.41, 5.74) is 3.14. The number of benzene rings is 2. The van der Waals surface area contributed by atoms with Gasteiger partial charge in [0.1, 0.15) is 0 Å². The standard InChI is InChI=1S/C27H37N5O.HI/c1-3-29-27(30-18-22-11-7-12-23(17-22)26(33)28-2)32-16-14-25-24(20-32)13-8-15-31(25)19-21-9-5-4-6-10-21;/h4-7,9-12,17,24-25H,3,8,13-16,18-20H2,1-2H3,(H,28,33)(H,29,30);1H. The van der Waals surface area contributed by atoms with Crippen molar-refractivity contribution in [1.82, 2.24) is 20.4 Å². The minimum atomic E-state index is -0.0628. The average molecular weight is 576 g/mol. The molecule has 2 aliphatic heterocycles. The topological polar surface area (TPSA) is 60.0 Å². The number of amides is 1. The van der Waals surface area contributed by atoms with Crippen LogP contribution >= 0.6 is 24.0 Å². The van der Waals surface area contributed by atoms with Crippen molar-refractivity contribution in [3.63, 3.8) is 0 Å². The summed E-state index contributed by atoms with van der Waals surface area (Å²) >= 11 is 0. The highest BCUT2D eigenvalue weighted by Gasteiger charge is 2.36. The third kappa shape index (κ3) is 6.72. The molecule has 0 saturated carbocycles. The molecule has 184 valence electrons. The van der Waals surface area contributed by atoms with E-state index < -0.39 is 0 Å². The lowest BCUT2D eigenvalue weighted by atomic mass is 9.83. The van der Waals surface area contributed by atoms with Gasteiger partial charge in [0.05, 0.1) is 6.54 Å². The molecule has 1 amide bonds. The molecular formula is C27H38IN5O. The zero-order valence-corrected chi connectivity index (χ0v) is 22.7. The number of hydrogen-bond acceptors (Lipinski definition) is 3. The first-order valence-electron chi connectivity index (χ1n) is 12.3. The molecule has 0 aliphatic carbocycles. The average Bonchev–Trinajstić information content (AvgIpc) is 2.86. The normalized spacial score (nSPS) is 20.8. The number of piperidine rings is 2. The second kappa shape index (κ2) is 13.1. The van der Waals surface area contributed by atoms with E-state index in [0.717, 1.165) is 37.7 Å². The quantitative estimate of drug-likeness (QED) is 0.309. The molecular weight excluding hydrogens is 537 g/mol. The van der Waals surface area contributed by atoms with Gasteiger partial charge in [0.25, 0.3) is 5.91 Å². The molecule has 7 heteroatoms. The molecule has 0 aromatic heterocycles. The smallest absolute Gasteiger partial charge is 0.251 e. The molecule has 2 atom stereocenters. The number of carbonyl (C=O) groups excluding carboxylic acids is 1. The Hall–Kier alpha value is -2.13. The molecule has 2 fully saturated rings. The van der Waals surface area contributed by atoms with Crippen LogP contribution < -0.4 is 10.6 Å². The Balaban J connectivity index is 0.00000324. The summed E-state index contributed by atoms with van der Waals surface area (Å²) in [6.07, 6.45) is 3.73. The lowest BCUT2D eigenvalue weighted by molar-refractivity contribution is 0.0372. The molecule has 0 radical (unpaired) electrons. The number of rotatable bonds is 6. The van der Waals surface area contributed by atoms with Crippen LogP contribution in [0.5, 0.6) is 0 Å². The van der Waals surface area contributed by atoms with Crippen LogP contribution in [0.4, 0.5) is 0 Å². The van der Waals surface area contributed by atoms with Crippen molar-refractivity contribution in [1.29, 1.82) is 0 Å². The van der Waals surface area contributed by atoms with Gasteiger partial charge in [-0.05, 0) is 61.9 Å². The fourth-order valence-corrected chi connectivity index (χ4v) is 5.26. The Morgan fingerprint density at radius 1 is 1.06 bits per heavy atom. The van der Waals surface area contributed by atoms with E-state index in [4.69, 9.17) is 4.99 Å². The third-order valence-corrected chi connectivity index (χ3v) is 6.87. The number of nitrogens with zero attached hydrogens (tertiary/aromatic N) is 3. The number of carbonyl (C=O) groups is 1. The van der Waals surface area contributed by atoms with E-state index in [0.29, 0.717) is 24.1 Å². The summed E-state index contributed by atoms with van der Waals surface area (Å²) in [5, 5.41) is 6.19. The van der Waals surface area contributed by atoms with Crippen LogP contribution in [0.15, 0.2) is 59.6 Å². The van der Waals surface area contributed by atoms with Crippen LogP contribution in [0.25, 0.3) is 0 Å². The molecule has 2 aromatic carbocycles. The van der Waals surface area contributed by atoms with E-state index in [9.17, 15) is 4.79 Å². The van der Waals surface area contributed by atoms with E-state index >= 15 is 0 Å². The van der Waals surface area contributed by atoms with Gasteiger partial charge in [0.2, 0.25) is 0 Å². The highest BCUT2D eigenvalue weighted by molar-refractivity contribution is 14.0. The highest BCUT2D eigenvalue weighted by Crippen LogP contribution is 2.31. The summed E-state index contributed by atoms with van der Waals surface area (Å²) in [6, 6.07) is 19.3. The Kier molecular flexibility index (Phi) is 10.2. The van der Waals surface area contributed by atoms with Gasteiger partial charge in [-0.15, -0.1) is 24.0 Å². The van der Waals surface area contributed by atoms with E-state index in [2.05, 4.69) is 57.7 Å². The number of fused-ring (bicyclic) bond motifs is 1. The van der Waals surface area contributed by atoms with E-state index in [1.807, 2.05) is 24.3 Å². The molecule has 2 saturated heterocycles. The second-order valence-corrected chi connectivity index (χ2v) is 9.11. The van der Waals surface area contributed by atoms with Gasteiger partial charge in [0.15, 0.2) is 5.96 Å². The fourth-order valence-electron chi connectivity index (χ4n) is 5.26. The summed E-state index contributed by atoms with van der Waals surface area (Å²) < 4.78 is 0. The van der Waals surface area contributed by atoms with Crippen LogP contribution in [-0.4, -0.2) is 60.9 Å². The SMILES string of the molecule is CCNC(=NCc1cccc(C(=O)NC)c1)N1CCC2C(CCCN2Cc2ccccc2)C1.I. The molecule has 2 aromatic rings. The Morgan fingerprint density at radius 3 is 2.62 bits per heavy atom. The van der Waals surface area contributed by atoms with Gasteiger partial charge in [0, 0.05) is 44.8 Å². The number of halogens is 1. The van der Waals surface area contributed by atoms with E-state index in [1.54, 1.807) is 7.05 Å². The Bertz CT molecular complexity index is 951. The van der Waals surface area contributed by atoms with Crippen LogP contribution in [0, 0.1) is 5.92 Å². The molecule has 4 rings (SSSR count). The van der Waals surface area contributed by atoms with Crippen LogP contribution in [0.1, 0.15) is 47.7 Å². The number of likely N-dealkylation sites (tertiary alicyclic amines) is 2. The van der Waals surface area contributed by atoms with Crippen molar-refractivity contribution in [3.8, 4) is 0 Å². The summed E-state index contributed by atoms with van der Waals surface area (Å²) in [6.45, 7) is 7.87. The number of nitrogens with one attached hydrogen (secondary N) is 2. The number of hydrogen-bond donors (Lipinski definition) is 2. The van der Waals surface area contributed by atoms with Gasteiger partial charge in [-0.2, -0.15) is 0 Å². The zero-order valence-electron chi connectivity index (χ0n) is 20.4. The molecule has 0 bridgehead atoms. The maximum absolute atomic E-state index is 12.0. The number of guanidine groups is 1. The Labute approximate surface area is 221 Å². The third-order valence-electron chi connectivity index (χ3n) is 6.87. The van der Waals surface area contributed by atoms with Crippen LogP contribution in [0.3, 0.4) is 0 Å². The number of aliphatic imine (C=N–C) groups is 1. The van der Waals surface area contributed by atoms with Crippen molar-refractivity contribution >= 4 is 35.8 Å². The van der Waals surface area contributed by atoms with E-state index in [-0.39, 0.29) is 29.9 Å². The molecule has 2 N–H and O–H groups in total. The van der Waals surface area contributed by atoms with Gasteiger partial charge < -0.3 is 15.5 Å². The molecule has 2 heterocycles.